The molecule has 0 amide bonds. The maximum atomic E-state index is 12.4. The van der Waals surface area contributed by atoms with Gasteiger partial charge in [-0.05, 0) is 30.3 Å². The Labute approximate surface area is 177 Å². The Bertz CT molecular complexity index is 1100. The highest BCUT2D eigenvalue weighted by atomic mass is 32.1. The number of carbonyl (C=O) groups is 1. The molecule has 0 aliphatic carbocycles. The molecule has 1 N–H and O–H groups in total. The molecule has 1 aliphatic heterocycles. The summed E-state index contributed by atoms with van der Waals surface area (Å²) in [5, 5.41) is 5.69. The van der Waals surface area contributed by atoms with Gasteiger partial charge in [0.05, 0.1) is 34.1 Å². The summed E-state index contributed by atoms with van der Waals surface area (Å²) in [5.74, 6) is 1.62. The Morgan fingerprint density at radius 1 is 0.967 bits per heavy atom. The van der Waals surface area contributed by atoms with Crippen molar-refractivity contribution in [2.45, 2.75) is 6.23 Å². The fraction of sp³-hybridized carbons (Fsp3) is 0.238. The molecular formula is C21H20N2O6S. The number of thiazole rings is 1. The number of rotatable bonds is 7. The third kappa shape index (κ3) is 3.37. The van der Waals surface area contributed by atoms with Crippen LogP contribution in [-0.2, 0) is 4.74 Å². The van der Waals surface area contributed by atoms with Gasteiger partial charge in [0.25, 0.3) is 0 Å². The van der Waals surface area contributed by atoms with Gasteiger partial charge in [-0.15, -0.1) is 11.3 Å². The zero-order valence-corrected chi connectivity index (χ0v) is 17.7. The zero-order valence-electron chi connectivity index (χ0n) is 16.8. The number of anilines is 1. The molecule has 0 fully saturated rings. The average molecular weight is 428 g/mol. The first kappa shape index (κ1) is 19.8. The van der Waals surface area contributed by atoms with E-state index in [-0.39, 0.29) is 0 Å². The van der Waals surface area contributed by atoms with Crippen molar-refractivity contribution in [3.63, 3.8) is 0 Å². The molecular weight excluding hydrogens is 408 g/mol. The number of hydrogen-bond donors (Lipinski definition) is 1. The molecule has 3 aromatic rings. The first-order valence-electron chi connectivity index (χ1n) is 9.00. The normalized spacial score (nSPS) is 14.7. The summed E-state index contributed by atoms with van der Waals surface area (Å²) in [6.45, 7) is 0. The molecule has 0 spiro atoms. The highest BCUT2D eigenvalue weighted by molar-refractivity contribution is 7.14. The maximum Gasteiger partial charge on any atom is 0.344 e. The minimum absolute atomic E-state index is 0.353. The van der Waals surface area contributed by atoms with Gasteiger partial charge in [0.1, 0.15) is 5.56 Å². The first-order chi connectivity index (χ1) is 14.6. The predicted molar refractivity (Wildman–Crippen MR) is 112 cm³/mol. The van der Waals surface area contributed by atoms with Gasteiger partial charge in [-0.2, -0.15) is 0 Å². The number of methoxy groups -OCH3 is 4. The minimum Gasteiger partial charge on any atom is -0.493 e. The van der Waals surface area contributed by atoms with Gasteiger partial charge in [-0.25, -0.2) is 9.78 Å². The van der Waals surface area contributed by atoms with Crippen LogP contribution in [0.4, 0.5) is 5.13 Å². The summed E-state index contributed by atoms with van der Waals surface area (Å²) in [5.41, 5.74) is 2.67. The molecule has 156 valence electrons. The summed E-state index contributed by atoms with van der Waals surface area (Å²) < 4.78 is 26.8. The monoisotopic (exact) mass is 428 g/mol. The lowest BCUT2D eigenvalue weighted by atomic mass is 10.1. The molecule has 30 heavy (non-hydrogen) atoms. The quantitative estimate of drug-likeness (QED) is 0.562. The molecule has 0 radical (unpaired) electrons. The Balaban J connectivity index is 1.60. The van der Waals surface area contributed by atoms with E-state index in [4.69, 9.17) is 23.7 Å². The number of carbonyl (C=O) groups excluding carboxylic acids is 1. The number of nitrogens with one attached hydrogen (secondary N) is 1. The van der Waals surface area contributed by atoms with Crippen molar-refractivity contribution in [3.8, 4) is 34.3 Å². The van der Waals surface area contributed by atoms with E-state index in [1.54, 1.807) is 26.4 Å². The third-order valence-corrected chi connectivity index (χ3v) is 5.50. The second-order valence-electron chi connectivity index (χ2n) is 6.30. The van der Waals surface area contributed by atoms with Crippen LogP contribution < -0.4 is 24.3 Å². The Kier molecular flexibility index (Phi) is 5.37. The van der Waals surface area contributed by atoms with E-state index in [9.17, 15) is 4.79 Å². The van der Waals surface area contributed by atoms with Gasteiger partial charge in [0, 0.05) is 16.5 Å². The molecule has 2 aromatic carbocycles. The van der Waals surface area contributed by atoms with E-state index in [1.807, 2.05) is 23.6 Å². The highest BCUT2D eigenvalue weighted by Gasteiger charge is 2.36. The zero-order chi connectivity index (χ0) is 21.3. The first-order valence-corrected chi connectivity index (χ1v) is 9.87. The minimum atomic E-state index is -0.670. The summed E-state index contributed by atoms with van der Waals surface area (Å²) in [7, 11) is 6.19. The van der Waals surface area contributed by atoms with E-state index in [1.165, 1.54) is 25.6 Å². The summed E-state index contributed by atoms with van der Waals surface area (Å²) in [6, 6.07) is 9.12. The van der Waals surface area contributed by atoms with Crippen molar-refractivity contribution in [2.24, 2.45) is 0 Å². The van der Waals surface area contributed by atoms with E-state index in [0.717, 1.165) is 11.3 Å². The van der Waals surface area contributed by atoms with Crippen LogP contribution in [0.25, 0.3) is 11.3 Å². The van der Waals surface area contributed by atoms with Crippen LogP contribution in [0.2, 0.25) is 0 Å². The molecule has 1 atom stereocenters. The summed E-state index contributed by atoms with van der Waals surface area (Å²) in [4.78, 5) is 17.0. The number of benzene rings is 2. The van der Waals surface area contributed by atoms with Crippen molar-refractivity contribution in [3.05, 3.63) is 46.8 Å². The fourth-order valence-corrected chi connectivity index (χ4v) is 4.03. The predicted octanol–water partition coefficient (Wildman–Crippen LogP) is 4.13. The van der Waals surface area contributed by atoms with Gasteiger partial charge in [0.15, 0.2) is 28.1 Å². The number of hydrogen-bond acceptors (Lipinski definition) is 9. The molecule has 1 aromatic heterocycles. The van der Waals surface area contributed by atoms with Crippen LogP contribution in [0.3, 0.4) is 0 Å². The molecule has 1 aliphatic rings. The van der Waals surface area contributed by atoms with Gasteiger partial charge < -0.3 is 29.0 Å². The van der Waals surface area contributed by atoms with Gasteiger partial charge in [-0.1, -0.05) is 0 Å². The van der Waals surface area contributed by atoms with E-state index in [0.29, 0.717) is 39.3 Å². The SMILES string of the molecule is COc1ccc(-c2csc(NC3OC(=O)c4c3ccc(OC)c4OC)n2)cc1OC. The molecule has 8 nitrogen and oxygen atoms in total. The van der Waals surface area contributed by atoms with Crippen LogP contribution >= 0.6 is 11.3 Å². The smallest absolute Gasteiger partial charge is 0.344 e. The van der Waals surface area contributed by atoms with E-state index >= 15 is 0 Å². The van der Waals surface area contributed by atoms with Crippen LogP contribution in [0, 0.1) is 0 Å². The van der Waals surface area contributed by atoms with E-state index < -0.39 is 12.2 Å². The number of esters is 1. The summed E-state index contributed by atoms with van der Waals surface area (Å²) in [6.07, 6.45) is -0.670. The van der Waals surface area contributed by atoms with Crippen LogP contribution in [0.1, 0.15) is 22.1 Å². The molecule has 9 heteroatoms. The van der Waals surface area contributed by atoms with Crippen LogP contribution in [0.15, 0.2) is 35.7 Å². The molecule has 0 saturated heterocycles. The second kappa shape index (κ2) is 8.11. The molecule has 0 bridgehead atoms. The van der Waals surface area contributed by atoms with Gasteiger partial charge in [0.2, 0.25) is 6.23 Å². The van der Waals surface area contributed by atoms with Crippen LogP contribution in [0.5, 0.6) is 23.0 Å². The van der Waals surface area contributed by atoms with Crippen molar-refractivity contribution in [1.29, 1.82) is 0 Å². The topological polar surface area (TPSA) is 88.1 Å². The lowest BCUT2D eigenvalue weighted by molar-refractivity contribution is 0.0435. The van der Waals surface area contributed by atoms with E-state index in [2.05, 4.69) is 10.3 Å². The van der Waals surface area contributed by atoms with Crippen LogP contribution in [-0.4, -0.2) is 39.4 Å². The number of nitrogens with zero attached hydrogens (tertiary/aromatic N) is 1. The fourth-order valence-electron chi connectivity index (χ4n) is 3.29. The number of cyclic esters (lactones) is 1. The number of aromatic nitrogens is 1. The largest absolute Gasteiger partial charge is 0.493 e. The second-order valence-corrected chi connectivity index (χ2v) is 7.16. The summed E-state index contributed by atoms with van der Waals surface area (Å²) >= 11 is 1.41. The third-order valence-electron chi connectivity index (χ3n) is 4.73. The lowest BCUT2D eigenvalue weighted by Crippen LogP contribution is -2.10. The Hall–Kier alpha value is -3.46. The highest BCUT2D eigenvalue weighted by Crippen LogP contribution is 2.42. The standard InChI is InChI=1S/C21H20N2O6S/c1-25-14-7-5-11(9-16(14)27-3)13-10-30-21(22-13)23-19-12-6-8-15(26-2)18(28-4)17(12)20(24)29-19/h5-10,19H,1-4H3,(H,22,23). The van der Waals surface area contributed by atoms with Crippen molar-refractivity contribution in [1.82, 2.24) is 4.98 Å². The number of ether oxygens (including phenoxy) is 5. The molecule has 1 unspecified atom stereocenters. The maximum absolute atomic E-state index is 12.4. The Morgan fingerprint density at radius 3 is 2.40 bits per heavy atom. The average Bonchev–Trinajstić information content (AvgIpc) is 3.37. The van der Waals surface area contributed by atoms with Crippen molar-refractivity contribution < 1.29 is 28.5 Å². The lowest BCUT2D eigenvalue weighted by Gasteiger charge is -2.13. The molecule has 0 saturated carbocycles. The molecule has 4 rings (SSSR count). The van der Waals surface area contributed by atoms with Crippen molar-refractivity contribution in [2.75, 3.05) is 33.8 Å². The van der Waals surface area contributed by atoms with Gasteiger partial charge in [-0.3, -0.25) is 0 Å². The number of fused-ring (bicyclic) bond motifs is 1. The van der Waals surface area contributed by atoms with Crippen molar-refractivity contribution >= 4 is 22.4 Å². The molecule has 2 heterocycles. The Morgan fingerprint density at radius 2 is 1.70 bits per heavy atom. The van der Waals surface area contributed by atoms with Gasteiger partial charge >= 0.3 is 5.97 Å².